The first-order valence-corrected chi connectivity index (χ1v) is 8.93. The Morgan fingerprint density at radius 1 is 1.15 bits per heavy atom. The molecular weight excluding hydrogens is 348 g/mol. The first-order valence-electron chi connectivity index (χ1n) is 8.05. The number of aromatic nitrogens is 3. The van der Waals surface area contributed by atoms with Gasteiger partial charge in [0, 0.05) is 41.5 Å². The topological polar surface area (TPSA) is 79.5 Å². The van der Waals surface area contributed by atoms with Gasteiger partial charge in [-0.25, -0.2) is 9.97 Å². The molecule has 0 aliphatic heterocycles. The molecule has 0 saturated carbocycles. The van der Waals surface area contributed by atoms with Crippen molar-refractivity contribution in [3.05, 3.63) is 59.2 Å². The molecule has 1 amide bonds. The van der Waals surface area contributed by atoms with E-state index in [1.54, 1.807) is 0 Å². The standard InChI is InChI=1S/C19H16N4O2S/c1-12(25)20-15-4-2-3-13(7-15)16-9-23-8-14(5-6-18(23)21-16)17-11-26-19(10-24)22-17/h2-9,11,24H,10H2,1H3,(H,20,25). The average molecular weight is 364 g/mol. The van der Waals surface area contributed by atoms with E-state index in [1.807, 2.05) is 58.6 Å². The third-order valence-electron chi connectivity index (χ3n) is 3.91. The zero-order valence-electron chi connectivity index (χ0n) is 14.0. The number of aliphatic hydroxyl groups is 1. The van der Waals surface area contributed by atoms with E-state index in [2.05, 4.69) is 15.3 Å². The van der Waals surface area contributed by atoms with Crippen LogP contribution in [-0.2, 0) is 11.4 Å². The molecule has 0 fully saturated rings. The first-order chi connectivity index (χ1) is 12.6. The van der Waals surface area contributed by atoms with Crippen LogP contribution in [0.3, 0.4) is 0 Å². The van der Waals surface area contributed by atoms with Gasteiger partial charge in [-0.15, -0.1) is 11.3 Å². The summed E-state index contributed by atoms with van der Waals surface area (Å²) in [5.74, 6) is -0.104. The fourth-order valence-corrected chi connectivity index (χ4v) is 3.42. The number of hydrogen-bond acceptors (Lipinski definition) is 5. The van der Waals surface area contributed by atoms with Crippen LogP contribution in [0.5, 0.6) is 0 Å². The van der Waals surface area contributed by atoms with Crippen LogP contribution in [0.2, 0.25) is 0 Å². The summed E-state index contributed by atoms with van der Waals surface area (Å²) < 4.78 is 1.95. The van der Waals surface area contributed by atoms with E-state index < -0.39 is 0 Å². The van der Waals surface area contributed by atoms with Crippen LogP contribution < -0.4 is 5.32 Å². The van der Waals surface area contributed by atoms with Gasteiger partial charge in [0.15, 0.2) is 0 Å². The molecule has 0 aliphatic carbocycles. The summed E-state index contributed by atoms with van der Waals surface area (Å²) in [5, 5.41) is 14.6. The maximum atomic E-state index is 11.2. The van der Waals surface area contributed by atoms with Crippen molar-refractivity contribution in [1.82, 2.24) is 14.4 Å². The number of carbonyl (C=O) groups excluding carboxylic acids is 1. The summed E-state index contributed by atoms with van der Waals surface area (Å²) >= 11 is 1.44. The summed E-state index contributed by atoms with van der Waals surface area (Å²) in [7, 11) is 0. The van der Waals surface area contributed by atoms with Gasteiger partial charge in [0.1, 0.15) is 10.7 Å². The van der Waals surface area contributed by atoms with Crippen LogP contribution in [0, 0.1) is 0 Å². The van der Waals surface area contributed by atoms with Crippen LogP contribution in [0.1, 0.15) is 11.9 Å². The van der Waals surface area contributed by atoms with Gasteiger partial charge in [0.05, 0.1) is 18.0 Å². The number of aliphatic hydroxyl groups excluding tert-OH is 1. The maximum Gasteiger partial charge on any atom is 0.221 e. The van der Waals surface area contributed by atoms with E-state index in [1.165, 1.54) is 18.3 Å². The van der Waals surface area contributed by atoms with E-state index in [0.717, 1.165) is 33.8 Å². The molecule has 0 saturated heterocycles. The van der Waals surface area contributed by atoms with E-state index >= 15 is 0 Å². The molecule has 0 spiro atoms. The van der Waals surface area contributed by atoms with Gasteiger partial charge in [-0.2, -0.15) is 0 Å². The molecule has 0 radical (unpaired) electrons. The summed E-state index contributed by atoms with van der Waals surface area (Å²) in [6.07, 6.45) is 3.92. The van der Waals surface area contributed by atoms with Gasteiger partial charge in [-0.1, -0.05) is 12.1 Å². The molecule has 6 nitrogen and oxygen atoms in total. The Labute approximate surface area is 153 Å². The fraction of sp³-hybridized carbons (Fsp3) is 0.105. The van der Waals surface area contributed by atoms with Crippen molar-refractivity contribution in [2.45, 2.75) is 13.5 Å². The second-order valence-corrected chi connectivity index (χ2v) is 6.80. The lowest BCUT2D eigenvalue weighted by molar-refractivity contribution is -0.114. The normalized spacial score (nSPS) is 11.0. The predicted octanol–water partition coefficient (Wildman–Crippen LogP) is 3.58. The fourth-order valence-electron chi connectivity index (χ4n) is 2.76. The smallest absolute Gasteiger partial charge is 0.221 e. The molecule has 130 valence electrons. The Balaban J connectivity index is 1.70. The lowest BCUT2D eigenvalue weighted by atomic mass is 10.1. The number of rotatable bonds is 4. The molecule has 0 aliphatic rings. The Morgan fingerprint density at radius 3 is 2.81 bits per heavy atom. The van der Waals surface area contributed by atoms with Gasteiger partial charge in [0.2, 0.25) is 5.91 Å². The van der Waals surface area contributed by atoms with Crippen molar-refractivity contribution in [3.63, 3.8) is 0 Å². The van der Waals surface area contributed by atoms with Crippen LogP contribution in [-0.4, -0.2) is 25.4 Å². The number of fused-ring (bicyclic) bond motifs is 1. The average Bonchev–Trinajstić information content (AvgIpc) is 3.27. The van der Waals surface area contributed by atoms with E-state index in [0.29, 0.717) is 5.01 Å². The summed E-state index contributed by atoms with van der Waals surface area (Å²) in [6.45, 7) is 1.44. The SMILES string of the molecule is CC(=O)Nc1cccc(-c2cn3cc(-c4csc(CO)n4)ccc3n2)c1. The lowest BCUT2D eigenvalue weighted by Gasteiger charge is -2.03. The number of imidazole rings is 1. The van der Waals surface area contributed by atoms with E-state index in [9.17, 15) is 9.90 Å². The number of pyridine rings is 1. The summed E-state index contributed by atoms with van der Waals surface area (Å²) in [6, 6.07) is 11.5. The number of carbonyl (C=O) groups is 1. The highest BCUT2D eigenvalue weighted by atomic mass is 32.1. The van der Waals surface area contributed by atoms with Crippen LogP contribution in [0.15, 0.2) is 54.2 Å². The van der Waals surface area contributed by atoms with Crippen LogP contribution in [0.4, 0.5) is 5.69 Å². The third-order valence-corrected chi connectivity index (χ3v) is 4.75. The molecule has 7 heteroatoms. The van der Waals surface area contributed by atoms with Crippen molar-refractivity contribution >= 4 is 28.6 Å². The molecule has 1 aromatic carbocycles. The van der Waals surface area contributed by atoms with E-state index in [4.69, 9.17) is 0 Å². The molecule has 4 aromatic rings. The highest BCUT2D eigenvalue weighted by Gasteiger charge is 2.09. The zero-order valence-corrected chi connectivity index (χ0v) is 14.8. The zero-order chi connectivity index (χ0) is 18.1. The van der Waals surface area contributed by atoms with Crippen molar-refractivity contribution < 1.29 is 9.90 Å². The Bertz CT molecular complexity index is 1100. The summed E-state index contributed by atoms with van der Waals surface area (Å²) in [5.41, 5.74) is 5.12. The number of nitrogens with one attached hydrogen (secondary N) is 1. The number of thiazole rings is 1. The number of amides is 1. The van der Waals surface area contributed by atoms with Gasteiger partial charge < -0.3 is 14.8 Å². The highest BCUT2D eigenvalue weighted by molar-refractivity contribution is 7.09. The Morgan fingerprint density at radius 2 is 2.04 bits per heavy atom. The molecule has 0 bridgehead atoms. The third kappa shape index (κ3) is 3.22. The molecular formula is C19H16N4O2S. The second kappa shape index (κ2) is 6.70. The van der Waals surface area contributed by atoms with Gasteiger partial charge in [-0.3, -0.25) is 4.79 Å². The van der Waals surface area contributed by atoms with Crippen molar-refractivity contribution in [3.8, 4) is 22.5 Å². The molecule has 2 N–H and O–H groups in total. The van der Waals surface area contributed by atoms with Gasteiger partial charge in [-0.05, 0) is 24.3 Å². The Kier molecular flexibility index (Phi) is 4.24. The van der Waals surface area contributed by atoms with Gasteiger partial charge in [0.25, 0.3) is 0 Å². The van der Waals surface area contributed by atoms with Crippen LogP contribution >= 0.6 is 11.3 Å². The largest absolute Gasteiger partial charge is 0.389 e. The minimum Gasteiger partial charge on any atom is -0.389 e. The van der Waals surface area contributed by atoms with Crippen molar-refractivity contribution in [2.75, 3.05) is 5.32 Å². The molecule has 26 heavy (non-hydrogen) atoms. The number of benzene rings is 1. The monoisotopic (exact) mass is 364 g/mol. The van der Waals surface area contributed by atoms with Crippen LogP contribution in [0.25, 0.3) is 28.2 Å². The number of anilines is 1. The second-order valence-electron chi connectivity index (χ2n) is 5.86. The Hall–Kier alpha value is -3.03. The molecule has 4 rings (SSSR count). The molecule has 0 unspecified atom stereocenters. The lowest BCUT2D eigenvalue weighted by Crippen LogP contribution is -2.05. The van der Waals surface area contributed by atoms with Crippen molar-refractivity contribution in [2.24, 2.45) is 0 Å². The maximum absolute atomic E-state index is 11.2. The predicted molar refractivity (Wildman–Crippen MR) is 102 cm³/mol. The minimum atomic E-state index is -0.104. The minimum absolute atomic E-state index is 0.0488. The first kappa shape index (κ1) is 16.4. The number of nitrogens with zero attached hydrogens (tertiary/aromatic N) is 3. The molecule has 3 heterocycles. The molecule has 3 aromatic heterocycles. The van der Waals surface area contributed by atoms with Crippen molar-refractivity contribution in [1.29, 1.82) is 0 Å². The summed E-state index contributed by atoms with van der Waals surface area (Å²) in [4.78, 5) is 20.3. The van der Waals surface area contributed by atoms with Gasteiger partial charge >= 0.3 is 0 Å². The number of hydrogen-bond donors (Lipinski definition) is 2. The molecule has 0 atom stereocenters. The van der Waals surface area contributed by atoms with E-state index in [-0.39, 0.29) is 12.5 Å². The quantitative estimate of drug-likeness (QED) is 0.580. The highest BCUT2D eigenvalue weighted by Crippen LogP contribution is 2.26.